The van der Waals surface area contributed by atoms with Gasteiger partial charge in [-0.3, -0.25) is 4.90 Å². The van der Waals surface area contributed by atoms with Crippen LogP contribution in [-0.2, 0) is 0 Å². The van der Waals surface area contributed by atoms with Crippen LogP contribution in [0.4, 0.5) is 0 Å². The van der Waals surface area contributed by atoms with Gasteiger partial charge in [0.1, 0.15) is 0 Å². The molecule has 0 amide bonds. The van der Waals surface area contributed by atoms with Crippen LogP contribution in [0.15, 0.2) is 0 Å². The predicted molar refractivity (Wildman–Crippen MR) is 78.6 cm³/mol. The van der Waals surface area contributed by atoms with Crippen molar-refractivity contribution in [2.75, 3.05) is 7.05 Å². The van der Waals surface area contributed by atoms with Gasteiger partial charge in [0.05, 0.1) is 0 Å². The van der Waals surface area contributed by atoms with Crippen molar-refractivity contribution in [3.63, 3.8) is 0 Å². The van der Waals surface area contributed by atoms with E-state index < -0.39 is 0 Å². The van der Waals surface area contributed by atoms with Gasteiger partial charge in [-0.15, -0.1) is 0 Å². The summed E-state index contributed by atoms with van der Waals surface area (Å²) in [5, 5.41) is 0. The molecular weight excluding hydrogens is 220 g/mol. The van der Waals surface area contributed by atoms with Gasteiger partial charge in [0, 0.05) is 18.1 Å². The summed E-state index contributed by atoms with van der Waals surface area (Å²) in [5.41, 5.74) is 6.40. The molecule has 0 radical (unpaired) electrons. The average Bonchev–Trinajstić information content (AvgIpc) is 2.38. The summed E-state index contributed by atoms with van der Waals surface area (Å²) in [6.07, 6.45) is 10.9. The molecule has 2 heteroatoms. The highest BCUT2D eigenvalue weighted by Gasteiger charge is 2.34. The lowest BCUT2D eigenvalue weighted by atomic mass is 9.79. The third-order valence-electron chi connectivity index (χ3n) is 5.56. The van der Waals surface area contributed by atoms with Crippen LogP contribution in [0.3, 0.4) is 0 Å². The minimum absolute atomic E-state index is 0.412. The normalized spacial score (nSPS) is 42.2. The van der Waals surface area contributed by atoms with Crippen LogP contribution in [0.1, 0.15) is 65.2 Å². The van der Waals surface area contributed by atoms with Crippen molar-refractivity contribution in [2.24, 2.45) is 17.6 Å². The highest BCUT2D eigenvalue weighted by molar-refractivity contribution is 4.91. The molecule has 0 bridgehead atoms. The van der Waals surface area contributed by atoms with Gasteiger partial charge in [0.15, 0.2) is 0 Å². The number of rotatable bonds is 3. The fourth-order valence-corrected chi connectivity index (χ4v) is 4.14. The molecule has 5 atom stereocenters. The second-order valence-electron chi connectivity index (χ2n) is 6.91. The Kier molecular flexibility index (Phi) is 5.08. The van der Waals surface area contributed by atoms with Crippen LogP contribution in [0, 0.1) is 11.8 Å². The summed E-state index contributed by atoms with van der Waals surface area (Å²) < 4.78 is 0. The van der Waals surface area contributed by atoms with Crippen molar-refractivity contribution < 1.29 is 0 Å². The molecular formula is C16H32N2. The first-order chi connectivity index (χ1) is 8.61. The minimum Gasteiger partial charge on any atom is -0.326 e. The van der Waals surface area contributed by atoms with Crippen molar-refractivity contribution in [3.8, 4) is 0 Å². The van der Waals surface area contributed by atoms with Gasteiger partial charge in [0.2, 0.25) is 0 Å². The fourth-order valence-electron chi connectivity index (χ4n) is 4.14. The van der Waals surface area contributed by atoms with Crippen molar-refractivity contribution >= 4 is 0 Å². The van der Waals surface area contributed by atoms with Crippen LogP contribution in [0.5, 0.6) is 0 Å². The Bertz CT molecular complexity index is 253. The highest BCUT2D eigenvalue weighted by atomic mass is 15.2. The van der Waals surface area contributed by atoms with Crippen molar-refractivity contribution in [3.05, 3.63) is 0 Å². The number of nitrogens with two attached hydrogens (primary N) is 1. The first-order valence-electron chi connectivity index (χ1n) is 8.09. The van der Waals surface area contributed by atoms with Crippen molar-refractivity contribution in [2.45, 2.75) is 83.3 Å². The fraction of sp³-hybridized carbons (Fsp3) is 1.00. The van der Waals surface area contributed by atoms with E-state index in [4.69, 9.17) is 5.73 Å². The lowest BCUT2D eigenvalue weighted by Gasteiger charge is -2.45. The van der Waals surface area contributed by atoms with E-state index in [9.17, 15) is 0 Å². The van der Waals surface area contributed by atoms with E-state index in [2.05, 4.69) is 25.8 Å². The summed E-state index contributed by atoms with van der Waals surface area (Å²) in [6, 6.07) is 1.84. The van der Waals surface area contributed by atoms with Gasteiger partial charge >= 0.3 is 0 Å². The maximum Gasteiger partial charge on any atom is 0.0249 e. The first-order valence-corrected chi connectivity index (χ1v) is 8.09. The molecule has 18 heavy (non-hydrogen) atoms. The SMILES string of the molecule is CCC1CCC(N)C(N(C)C2CCCC(C)C2)C1. The number of likely N-dealkylation sites (N-methyl/N-ethyl adjacent to an activating group) is 1. The summed E-state index contributed by atoms with van der Waals surface area (Å²) in [6.45, 7) is 4.75. The molecule has 2 nitrogen and oxygen atoms in total. The third-order valence-corrected chi connectivity index (χ3v) is 5.56. The Hall–Kier alpha value is -0.0800. The third kappa shape index (κ3) is 3.27. The summed E-state index contributed by atoms with van der Waals surface area (Å²) in [5.74, 6) is 1.83. The maximum atomic E-state index is 6.40. The predicted octanol–water partition coefficient (Wildman–Crippen LogP) is 3.40. The maximum absolute atomic E-state index is 6.40. The van der Waals surface area contributed by atoms with Crippen LogP contribution in [0.25, 0.3) is 0 Å². The van der Waals surface area contributed by atoms with Crippen LogP contribution in [-0.4, -0.2) is 30.1 Å². The van der Waals surface area contributed by atoms with E-state index >= 15 is 0 Å². The molecule has 0 aromatic carbocycles. The molecule has 106 valence electrons. The van der Waals surface area contributed by atoms with Crippen LogP contribution >= 0.6 is 0 Å². The second kappa shape index (κ2) is 6.38. The zero-order valence-electron chi connectivity index (χ0n) is 12.6. The minimum atomic E-state index is 0.412. The zero-order valence-corrected chi connectivity index (χ0v) is 12.6. The molecule has 2 saturated carbocycles. The molecule has 5 unspecified atom stereocenters. The molecule has 0 aromatic heterocycles. The first kappa shape index (κ1) is 14.3. The molecule has 0 saturated heterocycles. The average molecular weight is 252 g/mol. The Morgan fingerprint density at radius 1 is 1.11 bits per heavy atom. The van der Waals surface area contributed by atoms with E-state index in [-0.39, 0.29) is 0 Å². The highest BCUT2D eigenvalue weighted by Crippen LogP contribution is 2.33. The molecule has 2 N–H and O–H groups in total. The second-order valence-corrected chi connectivity index (χ2v) is 6.91. The van der Waals surface area contributed by atoms with Gasteiger partial charge in [-0.1, -0.05) is 33.1 Å². The lowest BCUT2D eigenvalue weighted by molar-refractivity contribution is 0.0675. The van der Waals surface area contributed by atoms with Crippen LogP contribution < -0.4 is 5.73 Å². The largest absolute Gasteiger partial charge is 0.326 e. The van der Waals surface area contributed by atoms with E-state index in [1.54, 1.807) is 0 Å². The van der Waals surface area contributed by atoms with Gasteiger partial charge < -0.3 is 5.73 Å². The Morgan fingerprint density at radius 2 is 1.89 bits per heavy atom. The molecule has 0 heterocycles. The van der Waals surface area contributed by atoms with Gasteiger partial charge in [-0.05, 0) is 51.0 Å². The van der Waals surface area contributed by atoms with E-state index in [1.165, 1.54) is 51.4 Å². The Labute approximate surface area is 113 Å². The van der Waals surface area contributed by atoms with Gasteiger partial charge in [-0.25, -0.2) is 0 Å². The lowest BCUT2D eigenvalue weighted by Crippen LogP contribution is -2.53. The summed E-state index contributed by atoms with van der Waals surface area (Å²) in [4.78, 5) is 2.65. The van der Waals surface area contributed by atoms with E-state index in [0.29, 0.717) is 12.1 Å². The smallest absolute Gasteiger partial charge is 0.0249 e. The summed E-state index contributed by atoms with van der Waals surface area (Å²) >= 11 is 0. The molecule has 2 rings (SSSR count). The quantitative estimate of drug-likeness (QED) is 0.834. The zero-order chi connectivity index (χ0) is 13.1. The Balaban J connectivity index is 1.95. The van der Waals surface area contributed by atoms with Crippen LogP contribution in [0.2, 0.25) is 0 Å². The molecule has 0 spiro atoms. The van der Waals surface area contributed by atoms with E-state index in [1.807, 2.05) is 0 Å². The molecule has 0 aliphatic heterocycles. The molecule has 2 fully saturated rings. The molecule has 2 aliphatic rings. The molecule has 2 aliphatic carbocycles. The molecule has 0 aromatic rings. The van der Waals surface area contributed by atoms with Crippen molar-refractivity contribution in [1.82, 2.24) is 4.90 Å². The van der Waals surface area contributed by atoms with Gasteiger partial charge in [-0.2, -0.15) is 0 Å². The van der Waals surface area contributed by atoms with Crippen molar-refractivity contribution in [1.29, 1.82) is 0 Å². The topological polar surface area (TPSA) is 29.3 Å². The number of hydrogen-bond donors (Lipinski definition) is 1. The number of hydrogen-bond acceptors (Lipinski definition) is 2. The monoisotopic (exact) mass is 252 g/mol. The number of nitrogens with zero attached hydrogens (tertiary/aromatic N) is 1. The summed E-state index contributed by atoms with van der Waals surface area (Å²) in [7, 11) is 2.34. The Morgan fingerprint density at radius 3 is 2.56 bits per heavy atom. The van der Waals surface area contributed by atoms with Gasteiger partial charge in [0.25, 0.3) is 0 Å². The standard InChI is InChI=1S/C16H32N2/c1-4-13-8-9-15(17)16(11-13)18(3)14-7-5-6-12(2)10-14/h12-16H,4-11,17H2,1-3H3. The van der Waals surface area contributed by atoms with E-state index in [0.717, 1.165) is 17.9 Å².